The smallest absolute Gasteiger partial charge is 0.211 e. The molecule has 1 aromatic carbocycles. The van der Waals surface area contributed by atoms with Crippen LogP contribution in [0.25, 0.3) is 0 Å². The molecule has 102 valence electrons. The van der Waals surface area contributed by atoms with E-state index in [-0.39, 0.29) is 18.1 Å². The van der Waals surface area contributed by atoms with Crippen molar-refractivity contribution in [3.8, 4) is 0 Å². The zero-order valence-electron chi connectivity index (χ0n) is 10.4. The van der Waals surface area contributed by atoms with Gasteiger partial charge >= 0.3 is 0 Å². The fraction of sp³-hybridized carbons (Fsp3) is 0.455. The molecule has 5 nitrogen and oxygen atoms in total. The molecule has 0 saturated carbocycles. The molecule has 0 saturated heterocycles. The molecule has 0 aliphatic rings. The lowest BCUT2D eigenvalue weighted by atomic mass is 10.2. The Balaban J connectivity index is 3.16. The molecule has 0 amide bonds. The second kappa shape index (κ2) is 5.81. The van der Waals surface area contributed by atoms with Gasteiger partial charge < -0.3 is 0 Å². The number of nitrogens with zero attached hydrogens (tertiary/aromatic N) is 1. The second-order valence-corrected chi connectivity index (χ2v) is 8.31. The summed E-state index contributed by atoms with van der Waals surface area (Å²) in [7, 11) is -7.57. The Morgan fingerprint density at radius 3 is 1.72 bits per heavy atom. The van der Waals surface area contributed by atoms with Gasteiger partial charge in [-0.1, -0.05) is 34.0 Å². The topological polar surface area (TPSA) is 71.5 Å². The highest BCUT2D eigenvalue weighted by molar-refractivity contribution is 8.03. The van der Waals surface area contributed by atoms with E-state index in [2.05, 4.69) is 0 Å². The summed E-state index contributed by atoms with van der Waals surface area (Å²) >= 11 is 0. The van der Waals surface area contributed by atoms with Gasteiger partial charge in [0.1, 0.15) is 0 Å². The van der Waals surface area contributed by atoms with Gasteiger partial charge in [0.15, 0.2) is 0 Å². The van der Waals surface area contributed by atoms with Crippen molar-refractivity contribution >= 4 is 20.0 Å². The van der Waals surface area contributed by atoms with Crippen molar-refractivity contribution in [1.29, 1.82) is 0 Å². The SMILES string of the molecule is CCS(=O)(=O)N(Cc1ccccc1)S(=O)(=O)CC. The minimum Gasteiger partial charge on any atom is -0.211 e. The van der Waals surface area contributed by atoms with Crippen LogP contribution in [0, 0.1) is 0 Å². The van der Waals surface area contributed by atoms with Crippen molar-refractivity contribution in [2.45, 2.75) is 20.4 Å². The number of hydrogen-bond acceptors (Lipinski definition) is 4. The third kappa shape index (κ3) is 3.54. The summed E-state index contributed by atoms with van der Waals surface area (Å²) in [6.07, 6.45) is 0. The van der Waals surface area contributed by atoms with Gasteiger partial charge in [-0.2, -0.15) is 0 Å². The Hall–Kier alpha value is -0.920. The van der Waals surface area contributed by atoms with Gasteiger partial charge in [0.05, 0.1) is 18.1 Å². The van der Waals surface area contributed by atoms with E-state index in [4.69, 9.17) is 0 Å². The van der Waals surface area contributed by atoms with Crippen molar-refractivity contribution < 1.29 is 16.8 Å². The zero-order valence-corrected chi connectivity index (χ0v) is 12.0. The van der Waals surface area contributed by atoms with Crippen molar-refractivity contribution in [1.82, 2.24) is 3.71 Å². The van der Waals surface area contributed by atoms with E-state index in [0.717, 1.165) is 0 Å². The van der Waals surface area contributed by atoms with Crippen LogP contribution in [0.3, 0.4) is 0 Å². The molecule has 0 spiro atoms. The fourth-order valence-corrected chi connectivity index (χ4v) is 4.67. The van der Waals surface area contributed by atoms with E-state index < -0.39 is 20.0 Å². The highest BCUT2D eigenvalue weighted by atomic mass is 32.3. The number of hydrogen-bond donors (Lipinski definition) is 0. The molecule has 0 fully saturated rings. The third-order valence-electron chi connectivity index (χ3n) is 2.50. The lowest BCUT2D eigenvalue weighted by molar-refractivity contribution is 0.496. The van der Waals surface area contributed by atoms with E-state index in [0.29, 0.717) is 9.27 Å². The van der Waals surface area contributed by atoms with Gasteiger partial charge in [0.2, 0.25) is 20.0 Å². The van der Waals surface area contributed by atoms with Crippen molar-refractivity contribution in [2.75, 3.05) is 11.5 Å². The van der Waals surface area contributed by atoms with E-state index in [1.165, 1.54) is 13.8 Å². The minimum absolute atomic E-state index is 0.146. The number of benzene rings is 1. The standard InChI is InChI=1S/C11H17NO4S2/c1-3-17(13,14)12(18(15,16)4-2)10-11-8-6-5-7-9-11/h5-9H,3-4,10H2,1-2H3. The quantitative estimate of drug-likeness (QED) is 0.789. The molecule has 0 aromatic heterocycles. The fourth-order valence-electron chi connectivity index (χ4n) is 1.39. The predicted molar refractivity (Wildman–Crippen MR) is 70.9 cm³/mol. The molecule has 0 bridgehead atoms. The first kappa shape index (κ1) is 15.1. The minimum atomic E-state index is -3.78. The van der Waals surface area contributed by atoms with E-state index in [9.17, 15) is 16.8 Å². The normalized spacial score (nSPS) is 12.8. The average Bonchev–Trinajstić information content (AvgIpc) is 2.37. The maximum absolute atomic E-state index is 11.9. The van der Waals surface area contributed by atoms with E-state index in [1.807, 2.05) is 0 Å². The molecule has 0 aliphatic heterocycles. The molecular weight excluding hydrogens is 274 g/mol. The molecule has 0 radical (unpaired) electrons. The Bertz CT molecular complexity index is 545. The van der Waals surface area contributed by atoms with Crippen LogP contribution in [0.15, 0.2) is 30.3 Å². The van der Waals surface area contributed by atoms with Crippen LogP contribution in [0.5, 0.6) is 0 Å². The molecule has 0 unspecified atom stereocenters. The van der Waals surface area contributed by atoms with Gasteiger partial charge in [0, 0.05) is 0 Å². The van der Waals surface area contributed by atoms with Crippen molar-refractivity contribution in [3.63, 3.8) is 0 Å². The Morgan fingerprint density at radius 1 is 0.889 bits per heavy atom. The lowest BCUT2D eigenvalue weighted by Gasteiger charge is -2.20. The highest BCUT2D eigenvalue weighted by Crippen LogP contribution is 2.15. The molecule has 1 rings (SSSR count). The van der Waals surface area contributed by atoms with Crippen LogP contribution < -0.4 is 0 Å². The van der Waals surface area contributed by atoms with Crippen LogP contribution in [-0.2, 0) is 26.6 Å². The number of sulfonamides is 2. The predicted octanol–water partition coefficient (Wildman–Crippen LogP) is 1.19. The molecule has 0 N–H and O–H groups in total. The van der Waals surface area contributed by atoms with Gasteiger partial charge in [-0.25, -0.2) is 16.8 Å². The summed E-state index contributed by atoms with van der Waals surface area (Å²) in [5.74, 6) is -0.474. The summed E-state index contributed by atoms with van der Waals surface area (Å²) in [6, 6.07) is 8.67. The molecule has 0 atom stereocenters. The van der Waals surface area contributed by atoms with Crippen LogP contribution in [0.4, 0.5) is 0 Å². The average molecular weight is 291 g/mol. The second-order valence-electron chi connectivity index (χ2n) is 3.72. The first-order valence-electron chi connectivity index (χ1n) is 5.60. The first-order valence-corrected chi connectivity index (χ1v) is 8.82. The van der Waals surface area contributed by atoms with E-state index >= 15 is 0 Å². The van der Waals surface area contributed by atoms with Crippen LogP contribution in [0.1, 0.15) is 19.4 Å². The van der Waals surface area contributed by atoms with Crippen molar-refractivity contribution in [3.05, 3.63) is 35.9 Å². The zero-order chi connectivity index (χ0) is 13.8. The molecule has 18 heavy (non-hydrogen) atoms. The summed E-state index contributed by atoms with van der Waals surface area (Å²) in [4.78, 5) is 0. The largest absolute Gasteiger partial charge is 0.227 e. The van der Waals surface area contributed by atoms with Crippen molar-refractivity contribution in [2.24, 2.45) is 0 Å². The Labute approximate surface area is 109 Å². The van der Waals surface area contributed by atoms with Gasteiger partial charge in [0.25, 0.3) is 0 Å². The summed E-state index contributed by atoms with van der Waals surface area (Å²) in [5.41, 5.74) is 0.645. The van der Waals surface area contributed by atoms with Crippen LogP contribution in [0.2, 0.25) is 0 Å². The summed E-state index contributed by atoms with van der Waals surface area (Å²) in [6.45, 7) is 2.71. The van der Waals surface area contributed by atoms with Crippen LogP contribution >= 0.6 is 0 Å². The highest BCUT2D eigenvalue weighted by Gasteiger charge is 2.31. The maximum Gasteiger partial charge on any atom is 0.227 e. The monoisotopic (exact) mass is 291 g/mol. The first-order chi connectivity index (χ1) is 8.33. The number of rotatable bonds is 6. The van der Waals surface area contributed by atoms with E-state index in [1.54, 1.807) is 30.3 Å². The molecule has 7 heteroatoms. The summed E-state index contributed by atoms with van der Waals surface area (Å²) < 4.78 is 48.0. The molecule has 0 aliphatic carbocycles. The lowest BCUT2D eigenvalue weighted by Crippen LogP contribution is -2.38. The Kier molecular flexibility index (Phi) is 4.89. The molecule has 0 heterocycles. The maximum atomic E-state index is 11.9. The molecule has 1 aromatic rings. The molecular formula is C11H17NO4S2. The summed E-state index contributed by atoms with van der Waals surface area (Å²) in [5, 5.41) is 0. The van der Waals surface area contributed by atoms with Gasteiger partial charge in [-0.3, -0.25) is 0 Å². The van der Waals surface area contributed by atoms with Crippen LogP contribution in [-0.4, -0.2) is 32.1 Å². The Morgan fingerprint density at radius 2 is 1.33 bits per heavy atom. The van der Waals surface area contributed by atoms with Gasteiger partial charge in [-0.05, 0) is 19.4 Å². The third-order valence-corrected chi connectivity index (χ3v) is 6.83. The van der Waals surface area contributed by atoms with Gasteiger partial charge in [-0.15, -0.1) is 0 Å².